The molecule has 25 heavy (non-hydrogen) atoms. The van der Waals surface area contributed by atoms with E-state index in [-0.39, 0.29) is 17.7 Å². The second kappa shape index (κ2) is 7.05. The van der Waals surface area contributed by atoms with Gasteiger partial charge in [-0.25, -0.2) is 0 Å². The lowest BCUT2D eigenvalue weighted by molar-refractivity contribution is -0.116. The smallest absolute Gasteiger partial charge is 0.258 e. The van der Waals surface area contributed by atoms with E-state index in [1.54, 1.807) is 35.2 Å². The van der Waals surface area contributed by atoms with E-state index in [2.05, 4.69) is 11.9 Å². The van der Waals surface area contributed by atoms with Crippen molar-refractivity contribution in [2.24, 2.45) is 5.92 Å². The fourth-order valence-electron chi connectivity index (χ4n) is 3.35. The normalized spacial score (nSPS) is 17.0. The Morgan fingerprint density at radius 2 is 1.76 bits per heavy atom. The van der Waals surface area contributed by atoms with Crippen LogP contribution in [0.3, 0.4) is 0 Å². The first-order chi connectivity index (χ1) is 12.0. The van der Waals surface area contributed by atoms with Crippen LogP contribution in [0, 0.1) is 5.92 Å². The predicted molar refractivity (Wildman–Crippen MR) is 98.9 cm³/mol. The fourth-order valence-corrected chi connectivity index (χ4v) is 3.35. The molecular formula is C20H23N3O2. The Balaban J connectivity index is 2.09. The standard InChI is InChI=1S/C20H23N3O2/c1-4-16-11-21-10-9-17(16)20(25)23-13-14(2)12-22(15(3)24)18-7-5-6-8-19(18)23/h5-11,14H,4,12-13H2,1-3H3. The van der Waals surface area contributed by atoms with Crippen LogP contribution in [-0.4, -0.2) is 29.9 Å². The van der Waals surface area contributed by atoms with E-state index in [9.17, 15) is 9.59 Å². The molecule has 0 spiro atoms. The van der Waals surface area contributed by atoms with Crippen molar-refractivity contribution in [2.75, 3.05) is 22.9 Å². The molecule has 5 heteroatoms. The Bertz CT molecular complexity index is 803. The van der Waals surface area contributed by atoms with Gasteiger partial charge in [0.05, 0.1) is 11.4 Å². The van der Waals surface area contributed by atoms with Gasteiger partial charge in [-0.05, 0) is 36.1 Å². The van der Waals surface area contributed by atoms with Crippen LogP contribution < -0.4 is 9.80 Å². The molecule has 130 valence electrons. The van der Waals surface area contributed by atoms with Gasteiger partial charge in [0, 0.05) is 38.0 Å². The van der Waals surface area contributed by atoms with Gasteiger partial charge in [-0.1, -0.05) is 26.0 Å². The Labute approximate surface area is 148 Å². The number of benzene rings is 1. The minimum Gasteiger partial charge on any atom is -0.310 e. The topological polar surface area (TPSA) is 53.5 Å². The number of aryl methyl sites for hydroxylation is 1. The summed E-state index contributed by atoms with van der Waals surface area (Å²) in [6, 6.07) is 9.40. The Morgan fingerprint density at radius 1 is 1.12 bits per heavy atom. The zero-order valence-electron chi connectivity index (χ0n) is 14.9. The Hall–Kier alpha value is -2.69. The number of amides is 2. The molecule has 1 aromatic carbocycles. The molecule has 2 amide bonds. The van der Waals surface area contributed by atoms with E-state index in [0.29, 0.717) is 18.7 Å². The van der Waals surface area contributed by atoms with E-state index in [4.69, 9.17) is 0 Å². The van der Waals surface area contributed by atoms with Crippen molar-refractivity contribution in [2.45, 2.75) is 27.2 Å². The maximum absolute atomic E-state index is 13.3. The van der Waals surface area contributed by atoms with E-state index in [0.717, 1.165) is 23.4 Å². The number of aromatic nitrogens is 1. The number of rotatable bonds is 2. The van der Waals surface area contributed by atoms with Crippen LogP contribution >= 0.6 is 0 Å². The molecule has 0 saturated heterocycles. The van der Waals surface area contributed by atoms with Crippen LogP contribution in [-0.2, 0) is 11.2 Å². The van der Waals surface area contributed by atoms with E-state index in [1.165, 1.54) is 0 Å². The van der Waals surface area contributed by atoms with Gasteiger partial charge in [0.15, 0.2) is 0 Å². The van der Waals surface area contributed by atoms with Gasteiger partial charge in [-0.3, -0.25) is 14.6 Å². The Kier molecular flexibility index (Phi) is 4.83. The van der Waals surface area contributed by atoms with E-state index < -0.39 is 0 Å². The van der Waals surface area contributed by atoms with Gasteiger partial charge in [0.1, 0.15) is 0 Å². The van der Waals surface area contributed by atoms with Gasteiger partial charge < -0.3 is 9.80 Å². The third-order valence-electron chi connectivity index (χ3n) is 4.59. The molecule has 5 nitrogen and oxygen atoms in total. The number of pyridine rings is 1. The van der Waals surface area contributed by atoms with Crippen LogP contribution in [0.2, 0.25) is 0 Å². The lowest BCUT2D eigenvalue weighted by atomic mass is 10.1. The molecule has 1 aliphatic rings. The minimum absolute atomic E-state index is 0.00763. The first-order valence-corrected chi connectivity index (χ1v) is 8.64. The summed E-state index contributed by atoms with van der Waals surface area (Å²) >= 11 is 0. The third kappa shape index (κ3) is 3.27. The molecule has 0 aliphatic carbocycles. The van der Waals surface area contributed by atoms with Crippen LogP contribution in [0.1, 0.15) is 36.7 Å². The number of nitrogens with zero attached hydrogens (tertiary/aromatic N) is 3. The largest absolute Gasteiger partial charge is 0.310 e. The number of anilines is 2. The molecule has 1 aliphatic heterocycles. The summed E-state index contributed by atoms with van der Waals surface area (Å²) in [7, 11) is 0. The van der Waals surface area contributed by atoms with Crippen LogP contribution in [0.25, 0.3) is 0 Å². The fraction of sp³-hybridized carbons (Fsp3) is 0.350. The first-order valence-electron chi connectivity index (χ1n) is 8.64. The monoisotopic (exact) mass is 337 g/mol. The molecular weight excluding hydrogens is 314 g/mol. The molecule has 1 aromatic heterocycles. The molecule has 1 unspecified atom stereocenters. The highest BCUT2D eigenvalue weighted by Crippen LogP contribution is 2.34. The zero-order valence-corrected chi connectivity index (χ0v) is 14.9. The van der Waals surface area contributed by atoms with Crippen molar-refractivity contribution in [3.8, 4) is 0 Å². The van der Waals surface area contributed by atoms with Crippen molar-refractivity contribution >= 4 is 23.2 Å². The summed E-state index contributed by atoms with van der Waals surface area (Å²) in [6.07, 6.45) is 4.16. The van der Waals surface area contributed by atoms with E-state index >= 15 is 0 Å². The summed E-state index contributed by atoms with van der Waals surface area (Å²) in [6.45, 7) is 6.83. The van der Waals surface area contributed by atoms with E-state index in [1.807, 2.05) is 31.2 Å². The quantitative estimate of drug-likeness (QED) is 0.845. The minimum atomic E-state index is -0.0380. The number of carbonyl (C=O) groups excluding carboxylic acids is 2. The van der Waals surface area contributed by atoms with Crippen LogP contribution in [0.5, 0.6) is 0 Å². The number of hydrogen-bond donors (Lipinski definition) is 0. The predicted octanol–water partition coefficient (Wildman–Crippen LogP) is 3.29. The average molecular weight is 337 g/mol. The summed E-state index contributed by atoms with van der Waals surface area (Å²) in [5.74, 6) is 0.128. The lowest BCUT2D eigenvalue weighted by Gasteiger charge is -2.25. The van der Waals surface area contributed by atoms with Gasteiger partial charge in [0.2, 0.25) is 5.91 Å². The van der Waals surface area contributed by atoms with Gasteiger partial charge in [-0.15, -0.1) is 0 Å². The number of fused-ring (bicyclic) bond motifs is 1. The zero-order chi connectivity index (χ0) is 18.0. The summed E-state index contributed by atoms with van der Waals surface area (Å²) in [5, 5.41) is 0. The summed E-state index contributed by atoms with van der Waals surface area (Å²) in [4.78, 5) is 33.1. The molecule has 0 bridgehead atoms. The highest BCUT2D eigenvalue weighted by Gasteiger charge is 2.30. The molecule has 2 aromatic rings. The van der Waals surface area contributed by atoms with Gasteiger partial charge >= 0.3 is 0 Å². The maximum Gasteiger partial charge on any atom is 0.258 e. The molecule has 0 N–H and O–H groups in total. The maximum atomic E-state index is 13.3. The second-order valence-electron chi connectivity index (χ2n) is 6.53. The van der Waals surface area contributed by atoms with Crippen molar-refractivity contribution in [1.29, 1.82) is 0 Å². The number of para-hydroxylation sites is 2. The second-order valence-corrected chi connectivity index (χ2v) is 6.53. The first kappa shape index (κ1) is 17.1. The Morgan fingerprint density at radius 3 is 2.40 bits per heavy atom. The molecule has 0 radical (unpaired) electrons. The molecule has 1 atom stereocenters. The van der Waals surface area contributed by atoms with Gasteiger partial charge in [0.25, 0.3) is 5.91 Å². The highest BCUT2D eigenvalue weighted by atomic mass is 16.2. The van der Waals surface area contributed by atoms with Crippen molar-refractivity contribution in [3.63, 3.8) is 0 Å². The lowest BCUT2D eigenvalue weighted by Crippen LogP contribution is -2.36. The SMILES string of the molecule is CCc1cnccc1C(=O)N1CC(C)CN(C(C)=O)c2ccccc21. The van der Waals surface area contributed by atoms with Crippen LogP contribution in [0.15, 0.2) is 42.7 Å². The summed E-state index contributed by atoms with van der Waals surface area (Å²) < 4.78 is 0. The highest BCUT2D eigenvalue weighted by molar-refractivity contribution is 6.10. The molecule has 3 rings (SSSR count). The summed E-state index contributed by atoms with van der Waals surface area (Å²) in [5.41, 5.74) is 3.19. The molecule has 2 heterocycles. The van der Waals surface area contributed by atoms with Crippen molar-refractivity contribution in [1.82, 2.24) is 4.98 Å². The van der Waals surface area contributed by atoms with Gasteiger partial charge in [-0.2, -0.15) is 0 Å². The van der Waals surface area contributed by atoms with Crippen molar-refractivity contribution in [3.05, 3.63) is 53.9 Å². The average Bonchev–Trinajstić information content (AvgIpc) is 2.78. The molecule has 0 fully saturated rings. The third-order valence-corrected chi connectivity index (χ3v) is 4.59. The molecule has 0 saturated carbocycles. The van der Waals surface area contributed by atoms with Crippen LogP contribution in [0.4, 0.5) is 11.4 Å². The number of hydrogen-bond acceptors (Lipinski definition) is 3. The van der Waals surface area contributed by atoms with Crippen molar-refractivity contribution < 1.29 is 9.59 Å². The number of carbonyl (C=O) groups is 2.